The fourth-order valence-electron chi connectivity index (χ4n) is 1.78. The normalized spacial score (nSPS) is 14.7. The average molecular weight is 256 g/mol. The van der Waals surface area contributed by atoms with Crippen LogP contribution in [-0.2, 0) is 0 Å². The van der Waals surface area contributed by atoms with Gasteiger partial charge in [-0.2, -0.15) is 0 Å². The van der Waals surface area contributed by atoms with E-state index in [1.165, 1.54) is 18.2 Å². The monoisotopic (exact) mass is 255 g/mol. The Balaban J connectivity index is 2.24. The van der Waals surface area contributed by atoms with Gasteiger partial charge in [0.1, 0.15) is 5.75 Å². The van der Waals surface area contributed by atoms with Crippen LogP contribution in [0.15, 0.2) is 18.2 Å². The lowest BCUT2D eigenvalue weighted by Gasteiger charge is -2.21. The number of benzene rings is 1. The van der Waals surface area contributed by atoms with Crippen LogP contribution < -0.4 is 0 Å². The number of hydrogen-bond acceptors (Lipinski definition) is 3. The van der Waals surface area contributed by atoms with Crippen molar-refractivity contribution in [3.8, 4) is 5.75 Å². The van der Waals surface area contributed by atoms with Crippen LogP contribution in [0.1, 0.15) is 23.2 Å². The first-order valence-electron chi connectivity index (χ1n) is 5.54. The van der Waals surface area contributed by atoms with Gasteiger partial charge in [0.2, 0.25) is 0 Å². The van der Waals surface area contributed by atoms with Crippen LogP contribution in [0.25, 0.3) is 0 Å². The van der Waals surface area contributed by atoms with E-state index >= 15 is 0 Å². The van der Waals surface area contributed by atoms with Crippen LogP contribution >= 0.6 is 11.6 Å². The summed E-state index contributed by atoms with van der Waals surface area (Å²) >= 11 is 5.81. The highest BCUT2D eigenvalue weighted by Gasteiger charge is 2.33. The van der Waals surface area contributed by atoms with Crippen LogP contribution in [0.3, 0.4) is 0 Å². The van der Waals surface area contributed by atoms with Crippen molar-refractivity contribution in [1.29, 1.82) is 0 Å². The maximum absolute atomic E-state index is 12.2. The summed E-state index contributed by atoms with van der Waals surface area (Å²) < 4.78 is 0. The molecule has 1 aromatic rings. The average Bonchev–Trinajstić information content (AvgIpc) is 3.12. The number of hydrogen-bond donors (Lipinski definition) is 2. The molecule has 2 N–H and O–H groups in total. The number of carbonyl (C=O) groups is 1. The first-order valence-corrected chi connectivity index (χ1v) is 5.91. The largest absolute Gasteiger partial charge is 0.507 e. The summed E-state index contributed by atoms with van der Waals surface area (Å²) in [6, 6.07) is 4.57. The van der Waals surface area contributed by atoms with Gasteiger partial charge in [-0.25, -0.2) is 0 Å². The van der Waals surface area contributed by atoms with Crippen molar-refractivity contribution < 1.29 is 15.0 Å². The third kappa shape index (κ3) is 2.70. The number of phenolic OH excluding ortho intramolecular Hbond substituents is 1. The molecule has 0 radical (unpaired) electrons. The molecular formula is C12H14ClNO3. The first-order chi connectivity index (χ1) is 8.13. The van der Waals surface area contributed by atoms with Crippen molar-refractivity contribution >= 4 is 17.5 Å². The van der Waals surface area contributed by atoms with Gasteiger partial charge in [0.05, 0.1) is 12.2 Å². The van der Waals surface area contributed by atoms with E-state index in [9.17, 15) is 9.90 Å². The van der Waals surface area contributed by atoms with Gasteiger partial charge in [-0.3, -0.25) is 4.79 Å². The summed E-state index contributed by atoms with van der Waals surface area (Å²) in [5, 5.41) is 19.0. The second-order valence-corrected chi connectivity index (χ2v) is 4.55. The Labute approximate surface area is 104 Å². The molecule has 5 heteroatoms. The van der Waals surface area contributed by atoms with E-state index in [4.69, 9.17) is 16.7 Å². The number of amides is 1. The topological polar surface area (TPSA) is 60.8 Å². The molecule has 92 valence electrons. The molecule has 1 amide bonds. The molecule has 1 aliphatic carbocycles. The standard InChI is InChI=1S/C12H14ClNO3/c13-8-1-4-11(16)10(7-8)12(17)14(5-6-15)9-2-3-9/h1,4,7,9,15-16H,2-3,5-6H2. The molecule has 1 fully saturated rings. The van der Waals surface area contributed by atoms with Crippen molar-refractivity contribution in [1.82, 2.24) is 4.90 Å². The molecular weight excluding hydrogens is 242 g/mol. The maximum Gasteiger partial charge on any atom is 0.257 e. The molecule has 0 aliphatic heterocycles. The molecule has 0 unspecified atom stereocenters. The molecule has 0 spiro atoms. The van der Waals surface area contributed by atoms with Crippen LogP contribution in [0.5, 0.6) is 5.75 Å². The van der Waals surface area contributed by atoms with E-state index in [-0.39, 0.29) is 36.4 Å². The smallest absolute Gasteiger partial charge is 0.257 e. The van der Waals surface area contributed by atoms with Gasteiger partial charge in [-0.05, 0) is 31.0 Å². The zero-order chi connectivity index (χ0) is 12.4. The summed E-state index contributed by atoms with van der Waals surface area (Å²) in [7, 11) is 0. The molecule has 0 saturated heterocycles. The van der Waals surface area contributed by atoms with Gasteiger partial charge in [0.25, 0.3) is 5.91 Å². The lowest BCUT2D eigenvalue weighted by Crippen LogP contribution is -2.35. The van der Waals surface area contributed by atoms with Crippen LogP contribution in [0.4, 0.5) is 0 Å². The predicted molar refractivity (Wildman–Crippen MR) is 64.3 cm³/mol. The van der Waals surface area contributed by atoms with Crippen LogP contribution in [0.2, 0.25) is 5.02 Å². The lowest BCUT2D eigenvalue weighted by molar-refractivity contribution is 0.0704. The van der Waals surface area contributed by atoms with Gasteiger partial charge >= 0.3 is 0 Å². The van der Waals surface area contributed by atoms with Crippen molar-refractivity contribution in [3.05, 3.63) is 28.8 Å². The highest BCUT2D eigenvalue weighted by Crippen LogP contribution is 2.30. The number of halogens is 1. The van der Waals surface area contributed by atoms with E-state index in [1.807, 2.05) is 0 Å². The van der Waals surface area contributed by atoms with Crippen molar-refractivity contribution in [2.75, 3.05) is 13.2 Å². The van der Waals surface area contributed by atoms with Crippen LogP contribution in [-0.4, -0.2) is 40.2 Å². The molecule has 2 rings (SSSR count). The maximum atomic E-state index is 12.2. The number of aliphatic hydroxyl groups excluding tert-OH is 1. The molecule has 0 bridgehead atoms. The third-order valence-electron chi connectivity index (χ3n) is 2.78. The second-order valence-electron chi connectivity index (χ2n) is 4.11. The quantitative estimate of drug-likeness (QED) is 0.860. The van der Waals surface area contributed by atoms with Crippen molar-refractivity contribution in [2.24, 2.45) is 0 Å². The molecule has 0 atom stereocenters. The number of aromatic hydroxyl groups is 1. The van der Waals surface area contributed by atoms with Crippen molar-refractivity contribution in [3.63, 3.8) is 0 Å². The van der Waals surface area contributed by atoms with E-state index in [0.717, 1.165) is 12.8 Å². The molecule has 0 aromatic heterocycles. The zero-order valence-electron chi connectivity index (χ0n) is 9.27. The number of nitrogens with zero attached hydrogens (tertiary/aromatic N) is 1. The number of rotatable bonds is 4. The van der Waals surface area contributed by atoms with E-state index < -0.39 is 0 Å². The van der Waals surface area contributed by atoms with Gasteiger partial charge in [-0.15, -0.1) is 0 Å². The highest BCUT2D eigenvalue weighted by molar-refractivity contribution is 6.31. The first kappa shape index (κ1) is 12.2. The molecule has 1 saturated carbocycles. The molecule has 17 heavy (non-hydrogen) atoms. The SMILES string of the molecule is O=C(c1cc(Cl)ccc1O)N(CCO)C1CC1. The molecule has 4 nitrogen and oxygen atoms in total. The van der Waals surface area contributed by atoms with Crippen molar-refractivity contribution in [2.45, 2.75) is 18.9 Å². The van der Waals surface area contributed by atoms with Gasteiger partial charge in [-0.1, -0.05) is 11.6 Å². The molecule has 1 aliphatic rings. The van der Waals surface area contributed by atoms with E-state index in [0.29, 0.717) is 5.02 Å². The Morgan fingerprint density at radius 3 is 2.76 bits per heavy atom. The number of aliphatic hydroxyl groups is 1. The summed E-state index contributed by atoms with van der Waals surface area (Å²) in [6.07, 6.45) is 1.90. The van der Waals surface area contributed by atoms with E-state index in [2.05, 4.69) is 0 Å². The lowest BCUT2D eigenvalue weighted by atomic mass is 10.1. The zero-order valence-corrected chi connectivity index (χ0v) is 10.0. The summed E-state index contributed by atoms with van der Waals surface area (Å²) in [5.74, 6) is -0.357. The van der Waals surface area contributed by atoms with Gasteiger partial charge in [0, 0.05) is 17.6 Å². The Bertz CT molecular complexity index is 432. The summed E-state index contributed by atoms with van der Waals surface area (Å²) in [6.45, 7) is 0.207. The fourth-order valence-corrected chi connectivity index (χ4v) is 1.95. The predicted octanol–water partition coefficient (Wildman–Crippen LogP) is 1.64. The van der Waals surface area contributed by atoms with E-state index in [1.54, 1.807) is 4.90 Å². The Kier molecular flexibility index (Phi) is 3.54. The molecule has 0 heterocycles. The minimum atomic E-state index is -0.276. The number of carbonyl (C=O) groups excluding carboxylic acids is 1. The Morgan fingerprint density at radius 2 is 2.18 bits per heavy atom. The highest BCUT2D eigenvalue weighted by atomic mass is 35.5. The summed E-state index contributed by atoms with van der Waals surface area (Å²) in [5.41, 5.74) is 0.192. The fraction of sp³-hybridized carbons (Fsp3) is 0.417. The minimum absolute atomic E-state index is 0.0798. The van der Waals surface area contributed by atoms with Gasteiger partial charge < -0.3 is 15.1 Å². The molecule has 1 aromatic carbocycles. The Morgan fingerprint density at radius 1 is 1.47 bits per heavy atom. The third-order valence-corrected chi connectivity index (χ3v) is 3.01. The minimum Gasteiger partial charge on any atom is -0.507 e. The number of phenols is 1. The van der Waals surface area contributed by atoms with Gasteiger partial charge in [0.15, 0.2) is 0 Å². The Hall–Kier alpha value is -1.26. The second kappa shape index (κ2) is 4.94. The van der Waals surface area contributed by atoms with Crippen LogP contribution in [0, 0.1) is 0 Å². The summed E-state index contributed by atoms with van der Waals surface area (Å²) in [4.78, 5) is 13.8.